The molecule has 0 saturated carbocycles. The second-order valence-corrected chi connectivity index (χ2v) is 17.0. The summed E-state index contributed by atoms with van der Waals surface area (Å²) >= 11 is 0. The number of unbranched alkanes of at least 4 members (excludes halogenated alkanes) is 13. The van der Waals surface area contributed by atoms with Gasteiger partial charge in [0.15, 0.2) is 6.10 Å². The summed E-state index contributed by atoms with van der Waals surface area (Å²) in [6.07, 6.45) is 76.0. The summed E-state index contributed by atoms with van der Waals surface area (Å²) in [6, 6.07) is 0. The fraction of sp³-hybridized carbons (Fsp3) is 0.590. The maximum atomic E-state index is 12.8. The van der Waals surface area contributed by atoms with Crippen LogP contribution in [0.1, 0.15) is 213 Å². The Morgan fingerprint density at radius 1 is 0.313 bits per heavy atom. The molecule has 0 bridgehead atoms. The molecular formula is C61H96O6. The average Bonchev–Trinajstić information content (AvgIpc) is 3.33. The van der Waals surface area contributed by atoms with E-state index in [0.29, 0.717) is 25.7 Å². The number of carbonyl (C=O) groups excluding carboxylic acids is 3. The fourth-order valence-electron chi connectivity index (χ4n) is 6.71. The van der Waals surface area contributed by atoms with Crippen molar-refractivity contribution in [3.05, 3.63) is 134 Å². The van der Waals surface area contributed by atoms with Crippen molar-refractivity contribution in [2.45, 2.75) is 219 Å². The fourth-order valence-corrected chi connectivity index (χ4v) is 6.71. The molecule has 6 heteroatoms. The molecule has 0 aromatic heterocycles. The molecule has 0 aliphatic carbocycles. The Morgan fingerprint density at radius 3 is 0.940 bits per heavy atom. The Hall–Kier alpha value is -4.45. The van der Waals surface area contributed by atoms with Gasteiger partial charge in [0.2, 0.25) is 0 Å². The predicted octanol–water partition coefficient (Wildman–Crippen LogP) is 17.9. The molecule has 0 spiro atoms. The van der Waals surface area contributed by atoms with Crippen LogP contribution in [0.5, 0.6) is 0 Å². The first-order valence-electron chi connectivity index (χ1n) is 26.7. The summed E-state index contributed by atoms with van der Waals surface area (Å²) in [5.41, 5.74) is 0. The highest BCUT2D eigenvalue weighted by Gasteiger charge is 2.19. The van der Waals surface area contributed by atoms with E-state index in [-0.39, 0.29) is 31.1 Å². The lowest BCUT2D eigenvalue weighted by atomic mass is 10.1. The summed E-state index contributed by atoms with van der Waals surface area (Å²) in [5, 5.41) is 0. The van der Waals surface area contributed by atoms with E-state index in [2.05, 4.69) is 154 Å². The molecule has 0 aromatic rings. The second-order valence-electron chi connectivity index (χ2n) is 17.0. The molecule has 0 radical (unpaired) electrons. The summed E-state index contributed by atoms with van der Waals surface area (Å²) in [4.78, 5) is 37.9. The Balaban J connectivity index is 4.40. The lowest BCUT2D eigenvalue weighted by molar-refractivity contribution is -0.167. The van der Waals surface area contributed by atoms with Crippen LogP contribution in [0.25, 0.3) is 0 Å². The highest BCUT2D eigenvalue weighted by atomic mass is 16.6. The molecule has 0 aromatic carbocycles. The lowest BCUT2D eigenvalue weighted by Crippen LogP contribution is -2.30. The van der Waals surface area contributed by atoms with Crippen LogP contribution in [-0.4, -0.2) is 37.2 Å². The molecule has 0 amide bonds. The van der Waals surface area contributed by atoms with Crippen molar-refractivity contribution in [3.63, 3.8) is 0 Å². The van der Waals surface area contributed by atoms with Gasteiger partial charge in [-0.1, -0.05) is 212 Å². The molecular weight excluding hydrogens is 829 g/mol. The van der Waals surface area contributed by atoms with E-state index in [1.54, 1.807) is 0 Å². The molecule has 0 aliphatic heterocycles. The largest absolute Gasteiger partial charge is 0.462 e. The number of hydrogen-bond donors (Lipinski definition) is 0. The summed E-state index contributed by atoms with van der Waals surface area (Å²) in [6.45, 7) is 6.29. The van der Waals surface area contributed by atoms with Crippen LogP contribution in [0.4, 0.5) is 0 Å². The van der Waals surface area contributed by atoms with E-state index in [1.165, 1.54) is 25.7 Å². The van der Waals surface area contributed by atoms with Gasteiger partial charge in [-0.25, -0.2) is 0 Å². The van der Waals surface area contributed by atoms with E-state index in [0.717, 1.165) is 141 Å². The van der Waals surface area contributed by atoms with Crippen LogP contribution in [0.2, 0.25) is 0 Å². The number of carbonyl (C=O) groups is 3. The first-order chi connectivity index (χ1) is 33.0. The van der Waals surface area contributed by atoms with Gasteiger partial charge in [0.25, 0.3) is 0 Å². The van der Waals surface area contributed by atoms with Gasteiger partial charge in [-0.2, -0.15) is 0 Å². The van der Waals surface area contributed by atoms with Crippen LogP contribution in [-0.2, 0) is 28.6 Å². The second kappa shape index (κ2) is 54.2. The summed E-state index contributed by atoms with van der Waals surface area (Å²) in [7, 11) is 0. The van der Waals surface area contributed by atoms with Gasteiger partial charge in [-0.05, 0) is 116 Å². The van der Waals surface area contributed by atoms with Gasteiger partial charge in [0.1, 0.15) is 13.2 Å². The zero-order valence-corrected chi connectivity index (χ0v) is 42.9. The lowest BCUT2D eigenvalue weighted by Gasteiger charge is -2.18. The molecule has 6 nitrogen and oxygen atoms in total. The smallest absolute Gasteiger partial charge is 0.306 e. The van der Waals surface area contributed by atoms with Gasteiger partial charge in [-0.3, -0.25) is 14.4 Å². The SMILES string of the molecule is CC/C=C\C/C=C\C/C=C\C/C=C\C/C=C\C/C=C\CCCCC(=O)OCC(COC(=O)CCCCCCCCC)OC(=O)CCCCCCC/C=C\C/C=C\C/C=C\C/C=C\C/C=C\CC. The topological polar surface area (TPSA) is 78.9 Å². The Bertz CT molecular complexity index is 1480. The maximum absolute atomic E-state index is 12.8. The van der Waals surface area contributed by atoms with Gasteiger partial charge in [0, 0.05) is 19.3 Å². The van der Waals surface area contributed by atoms with Gasteiger partial charge >= 0.3 is 17.9 Å². The molecule has 0 fully saturated rings. The van der Waals surface area contributed by atoms with Crippen molar-refractivity contribution in [2.75, 3.05) is 13.2 Å². The van der Waals surface area contributed by atoms with Crippen molar-refractivity contribution in [3.8, 4) is 0 Å². The van der Waals surface area contributed by atoms with Crippen LogP contribution < -0.4 is 0 Å². The zero-order chi connectivity index (χ0) is 48.6. The van der Waals surface area contributed by atoms with Crippen LogP contribution in [0.15, 0.2) is 134 Å². The van der Waals surface area contributed by atoms with Gasteiger partial charge in [0.05, 0.1) is 0 Å². The van der Waals surface area contributed by atoms with E-state index in [9.17, 15) is 14.4 Å². The Labute approximate surface area is 411 Å². The van der Waals surface area contributed by atoms with Gasteiger partial charge in [-0.15, -0.1) is 0 Å². The summed E-state index contributed by atoms with van der Waals surface area (Å²) < 4.78 is 16.7. The Morgan fingerprint density at radius 2 is 0.582 bits per heavy atom. The number of hydrogen-bond acceptors (Lipinski definition) is 6. The first-order valence-corrected chi connectivity index (χ1v) is 26.7. The molecule has 0 heterocycles. The number of allylic oxidation sites excluding steroid dienone is 22. The van der Waals surface area contributed by atoms with Crippen molar-refractivity contribution in [1.82, 2.24) is 0 Å². The molecule has 1 atom stereocenters. The molecule has 0 N–H and O–H groups in total. The highest BCUT2D eigenvalue weighted by Crippen LogP contribution is 2.12. The minimum atomic E-state index is -0.809. The average molecular weight is 925 g/mol. The standard InChI is InChI=1S/C61H96O6/c1-4-7-10-13-16-18-20-22-24-26-28-30-32-34-36-38-40-42-45-48-51-54-60(63)66-57-58(56-65-59(62)53-50-47-44-15-12-9-6-3)67-61(64)55-52-49-46-43-41-39-37-35-33-31-29-27-25-23-21-19-17-14-11-8-5-2/h7-8,10-11,16-19,22-25,28-31,34-37,40,42,58H,4-6,9,12-15,20-21,26-27,32-33,38-39,41,43-57H2,1-3H3/b10-7-,11-8-,18-16-,19-17-,24-22-,25-23-,30-28-,31-29-,36-34-,37-35-,42-40-. The highest BCUT2D eigenvalue weighted by molar-refractivity contribution is 5.71. The van der Waals surface area contributed by atoms with E-state index >= 15 is 0 Å². The van der Waals surface area contributed by atoms with E-state index < -0.39 is 6.10 Å². The first kappa shape index (κ1) is 62.5. The van der Waals surface area contributed by atoms with E-state index in [4.69, 9.17) is 14.2 Å². The van der Waals surface area contributed by atoms with E-state index in [1.807, 2.05) is 0 Å². The number of esters is 3. The molecule has 0 aliphatic rings. The van der Waals surface area contributed by atoms with Crippen molar-refractivity contribution in [2.24, 2.45) is 0 Å². The molecule has 67 heavy (non-hydrogen) atoms. The Kier molecular flexibility index (Phi) is 50.6. The van der Waals surface area contributed by atoms with Gasteiger partial charge < -0.3 is 14.2 Å². The summed E-state index contributed by atoms with van der Waals surface area (Å²) in [5.74, 6) is -0.984. The molecule has 1 unspecified atom stereocenters. The van der Waals surface area contributed by atoms with Crippen molar-refractivity contribution in [1.29, 1.82) is 0 Å². The molecule has 0 saturated heterocycles. The molecule has 376 valence electrons. The number of ether oxygens (including phenoxy) is 3. The van der Waals surface area contributed by atoms with Crippen LogP contribution in [0.3, 0.4) is 0 Å². The molecule has 0 rings (SSSR count). The van der Waals surface area contributed by atoms with Crippen LogP contribution >= 0.6 is 0 Å². The maximum Gasteiger partial charge on any atom is 0.306 e. The predicted molar refractivity (Wildman–Crippen MR) is 288 cm³/mol. The zero-order valence-electron chi connectivity index (χ0n) is 42.9. The third kappa shape index (κ3) is 52.4. The van der Waals surface area contributed by atoms with Crippen molar-refractivity contribution < 1.29 is 28.6 Å². The monoisotopic (exact) mass is 925 g/mol. The van der Waals surface area contributed by atoms with Crippen molar-refractivity contribution >= 4 is 17.9 Å². The third-order valence-corrected chi connectivity index (χ3v) is 10.7. The van der Waals surface area contributed by atoms with Crippen LogP contribution in [0, 0.1) is 0 Å². The minimum Gasteiger partial charge on any atom is -0.462 e. The minimum absolute atomic E-state index is 0.104. The quantitative estimate of drug-likeness (QED) is 0.0262. The third-order valence-electron chi connectivity index (χ3n) is 10.7. The number of rotatable bonds is 46. The normalized spacial score (nSPS) is 13.2.